The number of aromatic nitrogens is 7. The minimum Gasteiger partial charge on any atom is -0.481 e. The quantitative estimate of drug-likeness (QED) is 0.0464. The number of fused-ring (bicyclic) bond motifs is 14. The number of aliphatic hydroxyl groups is 1. The van der Waals surface area contributed by atoms with E-state index in [1.165, 1.54) is 48.2 Å². The van der Waals surface area contributed by atoms with Gasteiger partial charge < -0.3 is 51.5 Å². The maximum atomic E-state index is 14.4. The molecule has 91 heavy (non-hydrogen) atoms. The van der Waals surface area contributed by atoms with E-state index < -0.39 is 78.3 Å². The number of pyridine rings is 1. The normalized spacial score (nSPS) is 18.5. The van der Waals surface area contributed by atoms with Crippen molar-refractivity contribution < 1.29 is 58.4 Å². The summed E-state index contributed by atoms with van der Waals surface area (Å²) in [5, 5.41) is 56.6. The summed E-state index contributed by atoms with van der Waals surface area (Å²) in [6.45, 7) is 5.47. The van der Waals surface area contributed by atoms with Gasteiger partial charge in [0, 0.05) is 72.0 Å². The van der Waals surface area contributed by atoms with E-state index in [2.05, 4.69) is 31.9 Å². The van der Waals surface area contributed by atoms with Gasteiger partial charge in [0.2, 0.25) is 11.8 Å². The van der Waals surface area contributed by atoms with Gasteiger partial charge in [-0.25, -0.2) is 39.7 Å². The molecule has 0 radical (unpaired) electrons. The number of nitrogens with zero attached hydrogens (tertiary/aromatic N) is 8. The number of piperidine rings is 1. The first-order chi connectivity index (χ1) is 43.7. The SMILES string of the molecule is CNC(=O)C[C@@H]1NC(=O)c2csc(n2)-c2ccc(-c3nc(NC(=O)N4C[C@H](CCC(=O)O)C[C@H](CCC(=O)O)C4)cs3)nc2-c2csc(n2)-c2csc(n2)[C@H]([C@@H](O)c2ccccc2)NC(=O)CNC(=O)c2nc(sc2COC)C(C(C)C)NC(=O)c2nc1sc2C. The maximum Gasteiger partial charge on any atom is 0.323 e. The van der Waals surface area contributed by atoms with Crippen molar-refractivity contribution in [3.05, 3.63) is 111 Å². The highest BCUT2D eigenvalue weighted by atomic mass is 32.1. The fourth-order valence-corrected chi connectivity index (χ4v) is 15.9. The van der Waals surface area contributed by atoms with Gasteiger partial charge in [-0.3, -0.25) is 38.9 Å². The first-order valence-corrected chi connectivity index (χ1v) is 33.8. The number of urea groups is 1. The molecule has 6 atom stereocenters. The Kier molecular flexibility index (Phi) is 21.1. The number of benzene rings is 1. The number of aryl methyl sites for hydroxylation is 1. The molecule has 32 heteroatoms. The molecule has 1 saturated heterocycles. The predicted octanol–water partition coefficient (Wildman–Crippen LogP) is 8.51. The molecule has 1 unspecified atom stereocenters. The van der Waals surface area contributed by atoms with Gasteiger partial charge in [-0.15, -0.1) is 68.0 Å². The van der Waals surface area contributed by atoms with Crippen LogP contribution >= 0.6 is 68.0 Å². The number of methoxy groups -OCH3 is 1. The number of aliphatic carboxylic acids is 2. The number of nitrogens with one attached hydrogen (secondary N) is 6. The van der Waals surface area contributed by atoms with Crippen LogP contribution in [0.2, 0.25) is 0 Å². The molecule has 7 amide bonds. The zero-order valence-corrected chi connectivity index (χ0v) is 54.4. The van der Waals surface area contributed by atoms with Crippen molar-refractivity contribution in [1.82, 2.24) is 66.4 Å². The molecular weight excluding hydrogens is 1290 g/mol. The third kappa shape index (κ3) is 15.9. The second-order valence-electron chi connectivity index (χ2n) is 21.8. The Morgan fingerprint density at radius 3 is 2.05 bits per heavy atom. The predicted molar refractivity (Wildman–Crippen MR) is 343 cm³/mol. The third-order valence-electron chi connectivity index (χ3n) is 14.9. The molecule has 476 valence electrons. The highest BCUT2D eigenvalue weighted by molar-refractivity contribution is 7.15. The van der Waals surface area contributed by atoms with Gasteiger partial charge in [-0.2, -0.15) is 0 Å². The van der Waals surface area contributed by atoms with Gasteiger partial charge in [0.05, 0.1) is 42.2 Å². The number of carbonyl (C=O) groups is 8. The Hall–Kier alpha value is -8.37. The lowest BCUT2D eigenvalue weighted by Crippen LogP contribution is -2.46. The molecule has 9 heterocycles. The number of ether oxygens (including phenoxy) is 1. The standard InChI is InChI=1S/C59H62N14O12S6/c1-27(2)44-58-72-47(38(91-58)22-85-5)51(82)61-19-41(75)69-48(49(80)31-9-7-6-8-10-31)57-66-37(25-88-57)55-64-35(23-87-55)46-32(53-65-36(24-86-53)50(81)63-34(18-40(74)60-4)56-71-45(28(3)90-56)52(83)70-44)13-14-33(62-46)54-67-39(26-89-54)68-59(84)73-20-29(11-15-42(76)77)17-30(21-73)12-16-43(78)79/h6-10,13-14,23-27,29-30,34,44,48-49,80H,11-12,15-22H2,1-5H3,(H,60,74)(H,61,82)(H,63,81)(H,68,84)(H,69,75)(H,70,83)(H,76,77)(H,78,79)/t29-,30+,34-,44?,48-,49-/m0/s1. The number of hydrogen-bond acceptors (Lipinski definition) is 23. The van der Waals surface area contributed by atoms with E-state index in [-0.39, 0.29) is 84.6 Å². The van der Waals surface area contributed by atoms with Crippen LogP contribution in [0, 0.1) is 24.7 Å². The van der Waals surface area contributed by atoms with E-state index >= 15 is 0 Å². The molecule has 2 aliphatic rings. The molecule has 1 fully saturated rings. The molecule has 1 aromatic carbocycles. The molecule has 0 spiro atoms. The first kappa shape index (κ1) is 65.6. The minimum atomic E-state index is -1.30. The summed E-state index contributed by atoms with van der Waals surface area (Å²) in [5.74, 6) is -5.22. The molecule has 26 nitrogen and oxygen atoms in total. The van der Waals surface area contributed by atoms with Crippen LogP contribution in [0.3, 0.4) is 0 Å². The Morgan fingerprint density at radius 2 is 1.35 bits per heavy atom. The largest absolute Gasteiger partial charge is 0.481 e. The van der Waals surface area contributed by atoms with Crippen LogP contribution in [-0.2, 0) is 30.5 Å². The zero-order valence-electron chi connectivity index (χ0n) is 49.5. The average molecular weight is 1350 g/mol. The number of thiazole rings is 6. The van der Waals surface area contributed by atoms with E-state index in [1.807, 2.05) is 13.8 Å². The lowest BCUT2D eigenvalue weighted by Gasteiger charge is -2.37. The van der Waals surface area contributed by atoms with Gasteiger partial charge in [-0.1, -0.05) is 44.2 Å². The van der Waals surface area contributed by atoms with Crippen LogP contribution in [0.1, 0.15) is 138 Å². The molecule has 0 saturated carbocycles. The lowest BCUT2D eigenvalue weighted by molar-refractivity contribution is -0.138. The second kappa shape index (κ2) is 29.3. The molecule has 7 aromatic heterocycles. The van der Waals surface area contributed by atoms with Gasteiger partial charge in [0.15, 0.2) is 0 Å². The second-order valence-corrected chi connectivity index (χ2v) is 27.7. The minimum absolute atomic E-state index is 0.0000163. The van der Waals surface area contributed by atoms with E-state index in [1.54, 1.807) is 75.8 Å². The molecular formula is C59H62N14O12S6. The summed E-state index contributed by atoms with van der Waals surface area (Å²) in [5.41, 5.74) is 2.46. The smallest absolute Gasteiger partial charge is 0.323 e. The summed E-state index contributed by atoms with van der Waals surface area (Å²) in [6, 6.07) is 8.86. The van der Waals surface area contributed by atoms with E-state index in [4.69, 9.17) is 39.6 Å². The fraction of sp³-hybridized carbons (Fsp3) is 0.373. The Balaban J connectivity index is 1.01. The Bertz CT molecular complexity index is 3980. The number of carboxylic acid groups (broad SMARTS) is 2. The van der Waals surface area contributed by atoms with Crippen molar-refractivity contribution in [3.63, 3.8) is 0 Å². The Morgan fingerprint density at radius 1 is 0.681 bits per heavy atom. The number of likely N-dealkylation sites (tertiary alicyclic amines) is 1. The third-order valence-corrected chi connectivity index (χ3v) is 20.7. The molecule has 9 N–H and O–H groups in total. The lowest BCUT2D eigenvalue weighted by atomic mass is 9.84. The molecule has 0 aliphatic carbocycles. The summed E-state index contributed by atoms with van der Waals surface area (Å²) in [6.07, 6.45) is -0.449. The summed E-state index contributed by atoms with van der Waals surface area (Å²) in [4.78, 5) is 143. The number of aliphatic hydroxyl groups excluding tert-OH is 1. The molecule has 8 aromatic rings. The van der Waals surface area contributed by atoms with Gasteiger partial charge >= 0.3 is 18.0 Å². The first-order valence-electron chi connectivity index (χ1n) is 28.6. The van der Waals surface area contributed by atoms with Crippen molar-refractivity contribution >= 4 is 121 Å². The monoisotopic (exact) mass is 1350 g/mol. The van der Waals surface area contributed by atoms with Gasteiger partial charge in [0.25, 0.3) is 17.7 Å². The van der Waals surface area contributed by atoms with Crippen molar-refractivity contribution in [2.45, 2.75) is 90.1 Å². The Labute approximate surface area is 544 Å². The average Bonchev–Trinajstić information content (AvgIpc) is 2.23. The van der Waals surface area contributed by atoms with Crippen LogP contribution in [0.15, 0.2) is 64.0 Å². The number of hydrogen-bond donors (Lipinski definition) is 9. The number of anilines is 1. The number of rotatable bonds is 15. The highest BCUT2D eigenvalue weighted by Gasteiger charge is 2.35. The number of carbonyl (C=O) groups excluding carboxylic acids is 6. The van der Waals surface area contributed by atoms with Crippen LogP contribution in [0.5, 0.6) is 0 Å². The molecule has 10 bridgehead atoms. The van der Waals surface area contributed by atoms with Crippen LogP contribution in [0.4, 0.5) is 10.6 Å². The van der Waals surface area contributed by atoms with Crippen molar-refractivity contribution in [2.75, 3.05) is 39.1 Å². The zero-order chi connectivity index (χ0) is 64.6. The number of amides is 7. The van der Waals surface area contributed by atoms with E-state index in [0.717, 1.165) is 34.0 Å². The summed E-state index contributed by atoms with van der Waals surface area (Å²) in [7, 11) is 2.92. The van der Waals surface area contributed by atoms with Crippen LogP contribution in [0.25, 0.3) is 43.4 Å². The molecule has 2 aliphatic heterocycles. The van der Waals surface area contributed by atoms with Gasteiger partial charge in [-0.05, 0) is 61.6 Å². The van der Waals surface area contributed by atoms with E-state index in [9.17, 15) is 53.7 Å². The summed E-state index contributed by atoms with van der Waals surface area (Å²) < 4.78 is 5.45. The van der Waals surface area contributed by atoms with E-state index in [0.29, 0.717) is 88.0 Å². The van der Waals surface area contributed by atoms with Crippen molar-refractivity contribution in [1.29, 1.82) is 0 Å². The summed E-state index contributed by atoms with van der Waals surface area (Å²) >= 11 is 7.05. The van der Waals surface area contributed by atoms with Crippen LogP contribution < -0.4 is 31.9 Å². The van der Waals surface area contributed by atoms with Crippen molar-refractivity contribution in [2.24, 2.45) is 17.8 Å². The van der Waals surface area contributed by atoms with Crippen LogP contribution in [-0.4, -0.2) is 136 Å². The fourth-order valence-electron chi connectivity index (χ4n) is 10.4. The van der Waals surface area contributed by atoms with Gasteiger partial charge in [0.1, 0.15) is 82.2 Å². The maximum absolute atomic E-state index is 14.4. The topological polar surface area (TPSA) is 372 Å². The molecule has 10 rings (SSSR count). The highest BCUT2D eigenvalue weighted by Crippen LogP contribution is 2.41. The van der Waals surface area contributed by atoms with Crippen molar-refractivity contribution in [3.8, 4) is 43.4 Å². The number of carboxylic acids is 2.